The van der Waals surface area contributed by atoms with Crippen LogP contribution in [0.15, 0.2) is 53.1 Å². The smallest absolute Gasteiger partial charge is 0.263 e. The Bertz CT molecular complexity index is 1190. The molecule has 176 valence electrons. The number of ether oxygens (including phenoxy) is 2. The zero-order valence-electron chi connectivity index (χ0n) is 19.0. The molecule has 11 heteroatoms. The van der Waals surface area contributed by atoms with Crippen LogP contribution in [0.2, 0.25) is 0 Å². The van der Waals surface area contributed by atoms with Gasteiger partial charge in [0.05, 0.1) is 25.6 Å². The lowest BCUT2D eigenvalue weighted by Crippen LogP contribution is -2.37. The molecule has 0 aliphatic carbocycles. The summed E-state index contributed by atoms with van der Waals surface area (Å²) in [5, 5.41) is 3.96. The van der Waals surface area contributed by atoms with E-state index in [2.05, 4.69) is 10.1 Å². The van der Waals surface area contributed by atoms with Crippen molar-refractivity contribution >= 4 is 21.6 Å². The Morgan fingerprint density at radius 2 is 1.67 bits per heavy atom. The fourth-order valence-electron chi connectivity index (χ4n) is 2.95. The van der Waals surface area contributed by atoms with Gasteiger partial charge in [-0.05, 0) is 55.5 Å². The number of rotatable bonds is 9. The summed E-state index contributed by atoms with van der Waals surface area (Å²) in [4.78, 5) is 18.5. The van der Waals surface area contributed by atoms with E-state index in [1.807, 2.05) is 12.1 Å². The highest BCUT2D eigenvalue weighted by molar-refractivity contribution is 7.92. The summed E-state index contributed by atoms with van der Waals surface area (Å²) < 4.78 is 40.6. The van der Waals surface area contributed by atoms with Crippen LogP contribution in [0.25, 0.3) is 11.4 Å². The van der Waals surface area contributed by atoms with E-state index < -0.39 is 16.1 Å². The summed E-state index contributed by atoms with van der Waals surface area (Å²) >= 11 is 0. The number of hydrogen-bond acceptors (Lipinski definition) is 8. The van der Waals surface area contributed by atoms with Crippen molar-refractivity contribution in [1.29, 1.82) is 0 Å². The van der Waals surface area contributed by atoms with Crippen molar-refractivity contribution in [2.45, 2.75) is 19.6 Å². The Balaban J connectivity index is 1.59. The van der Waals surface area contributed by atoms with Crippen molar-refractivity contribution in [3.63, 3.8) is 0 Å². The summed E-state index contributed by atoms with van der Waals surface area (Å²) in [6, 6.07) is 13.7. The van der Waals surface area contributed by atoms with E-state index in [4.69, 9.17) is 14.0 Å². The third-order valence-electron chi connectivity index (χ3n) is 4.92. The fraction of sp³-hybridized carbons (Fsp3) is 0.318. The molecule has 0 bridgehead atoms. The maximum Gasteiger partial charge on any atom is 0.263 e. The van der Waals surface area contributed by atoms with Gasteiger partial charge in [0.25, 0.3) is 5.91 Å². The largest absolute Gasteiger partial charge is 0.497 e. The van der Waals surface area contributed by atoms with Crippen LogP contribution in [-0.2, 0) is 21.4 Å². The lowest BCUT2D eigenvalue weighted by Gasteiger charge is -2.21. The van der Waals surface area contributed by atoms with Gasteiger partial charge in [-0.25, -0.2) is 8.42 Å². The van der Waals surface area contributed by atoms with Crippen LogP contribution < -0.4 is 13.8 Å². The van der Waals surface area contributed by atoms with Gasteiger partial charge in [0, 0.05) is 19.7 Å². The SMILES string of the molecule is COc1ccc(-c2noc(CN(C)C(=O)C(C)Oc3ccc(N(C)S(C)(=O)=O)cc3)n2)cc1. The molecule has 10 nitrogen and oxygen atoms in total. The maximum atomic E-state index is 12.7. The van der Waals surface area contributed by atoms with E-state index in [0.29, 0.717) is 17.3 Å². The standard InChI is InChI=1S/C22H26N4O6S/c1-15(31-19-12-8-17(9-13-19)26(3)33(5,28)29)22(27)25(2)14-20-23-21(24-32-20)16-6-10-18(30-4)11-7-16/h6-13,15H,14H2,1-5H3. The molecule has 1 aromatic heterocycles. The second-order valence-corrected chi connectivity index (χ2v) is 9.43. The average molecular weight is 475 g/mol. The third-order valence-corrected chi connectivity index (χ3v) is 6.13. The van der Waals surface area contributed by atoms with Crippen LogP contribution in [0.4, 0.5) is 5.69 Å². The van der Waals surface area contributed by atoms with Crippen molar-refractivity contribution in [3.05, 3.63) is 54.4 Å². The van der Waals surface area contributed by atoms with Gasteiger partial charge in [0.1, 0.15) is 11.5 Å². The van der Waals surface area contributed by atoms with Crippen molar-refractivity contribution in [2.24, 2.45) is 0 Å². The number of nitrogens with zero attached hydrogens (tertiary/aromatic N) is 4. The van der Waals surface area contributed by atoms with Crippen molar-refractivity contribution < 1.29 is 27.2 Å². The predicted molar refractivity (Wildman–Crippen MR) is 123 cm³/mol. The minimum absolute atomic E-state index is 0.119. The molecule has 0 aliphatic heterocycles. The van der Waals surface area contributed by atoms with E-state index in [1.54, 1.807) is 57.5 Å². The molecule has 0 radical (unpaired) electrons. The van der Waals surface area contributed by atoms with Gasteiger partial charge in [-0.15, -0.1) is 0 Å². The number of amides is 1. The molecule has 0 saturated carbocycles. The Morgan fingerprint density at radius 3 is 2.24 bits per heavy atom. The quantitative estimate of drug-likeness (QED) is 0.465. The van der Waals surface area contributed by atoms with Gasteiger partial charge in [0.15, 0.2) is 6.10 Å². The number of aromatic nitrogens is 2. The summed E-state index contributed by atoms with van der Waals surface area (Å²) in [7, 11) is 1.31. The minimum Gasteiger partial charge on any atom is -0.497 e. The average Bonchev–Trinajstić information content (AvgIpc) is 3.26. The first-order valence-corrected chi connectivity index (χ1v) is 11.9. The van der Waals surface area contributed by atoms with Crippen molar-refractivity contribution in [2.75, 3.05) is 31.8 Å². The number of carbonyl (C=O) groups is 1. The molecular formula is C22H26N4O6S. The molecule has 3 aromatic rings. The molecule has 1 atom stereocenters. The first kappa shape index (κ1) is 24.1. The molecule has 1 heterocycles. The van der Waals surface area contributed by atoms with Crippen LogP contribution in [0.1, 0.15) is 12.8 Å². The van der Waals surface area contributed by atoms with E-state index in [9.17, 15) is 13.2 Å². The number of methoxy groups -OCH3 is 1. The second kappa shape index (κ2) is 9.90. The van der Waals surface area contributed by atoms with Crippen LogP contribution >= 0.6 is 0 Å². The number of hydrogen-bond donors (Lipinski definition) is 0. The molecule has 2 aromatic carbocycles. The molecule has 1 amide bonds. The highest BCUT2D eigenvalue weighted by Gasteiger charge is 2.22. The fourth-order valence-corrected chi connectivity index (χ4v) is 3.45. The minimum atomic E-state index is -3.36. The Kier molecular flexibility index (Phi) is 7.22. The van der Waals surface area contributed by atoms with Gasteiger partial charge >= 0.3 is 0 Å². The number of benzene rings is 2. The van der Waals surface area contributed by atoms with Crippen LogP contribution in [-0.4, -0.2) is 62.9 Å². The highest BCUT2D eigenvalue weighted by atomic mass is 32.2. The van der Waals surface area contributed by atoms with Crippen LogP contribution in [0, 0.1) is 0 Å². The lowest BCUT2D eigenvalue weighted by atomic mass is 10.2. The van der Waals surface area contributed by atoms with Gasteiger partial charge in [0.2, 0.25) is 21.7 Å². The van der Waals surface area contributed by atoms with Gasteiger partial charge < -0.3 is 18.9 Å². The zero-order chi connectivity index (χ0) is 24.2. The van der Waals surface area contributed by atoms with E-state index >= 15 is 0 Å². The van der Waals surface area contributed by atoms with Crippen LogP contribution in [0.3, 0.4) is 0 Å². The predicted octanol–water partition coefficient (Wildman–Crippen LogP) is 2.57. The molecule has 1 unspecified atom stereocenters. The van der Waals surface area contributed by atoms with Crippen molar-refractivity contribution in [3.8, 4) is 22.9 Å². The summed E-state index contributed by atoms with van der Waals surface area (Å²) in [5.74, 6) is 1.58. The number of anilines is 1. The van der Waals surface area contributed by atoms with E-state index in [-0.39, 0.29) is 18.3 Å². The third kappa shape index (κ3) is 6.01. The zero-order valence-corrected chi connectivity index (χ0v) is 19.9. The lowest BCUT2D eigenvalue weighted by molar-refractivity contribution is -0.137. The van der Waals surface area contributed by atoms with Gasteiger partial charge in [-0.2, -0.15) is 4.98 Å². The maximum absolute atomic E-state index is 12.7. The molecule has 0 spiro atoms. The number of carbonyl (C=O) groups excluding carboxylic acids is 1. The summed E-state index contributed by atoms with van der Waals surface area (Å²) in [5.41, 5.74) is 1.26. The first-order valence-electron chi connectivity index (χ1n) is 10.0. The van der Waals surface area contributed by atoms with Gasteiger partial charge in [-0.1, -0.05) is 5.16 Å². The van der Waals surface area contributed by atoms with Crippen LogP contribution in [0.5, 0.6) is 11.5 Å². The molecular weight excluding hydrogens is 448 g/mol. The van der Waals surface area contributed by atoms with E-state index in [0.717, 1.165) is 21.9 Å². The first-order chi connectivity index (χ1) is 15.6. The molecule has 33 heavy (non-hydrogen) atoms. The Morgan fingerprint density at radius 1 is 1.06 bits per heavy atom. The number of likely N-dealkylation sites (N-methyl/N-ethyl adjacent to an activating group) is 1. The Labute approximate surface area is 192 Å². The van der Waals surface area contributed by atoms with Crippen molar-refractivity contribution in [1.82, 2.24) is 15.0 Å². The topological polar surface area (TPSA) is 115 Å². The van der Waals surface area contributed by atoms with Gasteiger partial charge in [-0.3, -0.25) is 9.10 Å². The summed E-state index contributed by atoms with van der Waals surface area (Å²) in [6.45, 7) is 1.75. The number of sulfonamides is 1. The monoisotopic (exact) mass is 474 g/mol. The van der Waals surface area contributed by atoms with E-state index in [1.165, 1.54) is 11.9 Å². The summed E-state index contributed by atoms with van der Waals surface area (Å²) in [6.07, 6.45) is 0.342. The molecule has 3 rings (SSSR count). The Hall–Kier alpha value is -3.60. The molecule has 0 aliphatic rings. The molecule has 0 fully saturated rings. The molecule has 0 N–H and O–H groups in total. The highest BCUT2D eigenvalue weighted by Crippen LogP contribution is 2.22. The normalized spacial score (nSPS) is 12.2. The second-order valence-electron chi connectivity index (χ2n) is 7.42. The molecule has 0 saturated heterocycles.